The number of rotatable bonds is 19. The van der Waals surface area contributed by atoms with Gasteiger partial charge in [-0.2, -0.15) is 0 Å². The van der Waals surface area contributed by atoms with E-state index in [9.17, 15) is 85.7 Å². The summed E-state index contributed by atoms with van der Waals surface area (Å²) in [5.41, 5.74) is 5.27. The number of nitrogens with two attached hydrogens (primary N) is 1. The van der Waals surface area contributed by atoms with E-state index in [-0.39, 0.29) is 6.54 Å². The number of phosphoric acid groups is 1. The molecule has 1 amide bonds. The first kappa shape index (κ1) is 55.5. The lowest BCUT2D eigenvalue weighted by molar-refractivity contribution is -0.374. The van der Waals surface area contributed by atoms with Crippen LogP contribution in [0.25, 0.3) is 0 Å². The Hall–Kier alpha value is -1.38. The van der Waals surface area contributed by atoms with Crippen molar-refractivity contribution in [2.45, 2.75) is 167 Å². The molecule has 31 heteroatoms. The molecule has 30 nitrogen and oxygen atoms in total. The highest BCUT2D eigenvalue weighted by atomic mass is 31.2. The highest BCUT2D eigenvalue weighted by Gasteiger charge is 2.55. The van der Waals surface area contributed by atoms with Crippen molar-refractivity contribution in [2.24, 2.45) is 5.73 Å². The van der Waals surface area contributed by atoms with Gasteiger partial charge in [0.2, 0.25) is 5.91 Å². The van der Waals surface area contributed by atoms with Crippen molar-refractivity contribution in [3.8, 4) is 0 Å². The van der Waals surface area contributed by atoms with E-state index in [0.717, 1.165) is 6.92 Å². The van der Waals surface area contributed by atoms with Crippen LogP contribution in [0.4, 0.5) is 0 Å². The van der Waals surface area contributed by atoms with Gasteiger partial charge >= 0.3 is 7.82 Å². The average Bonchev–Trinajstić information content (AvgIpc) is 3.28. The van der Waals surface area contributed by atoms with Crippen LogP contribution >= 0.6 is 7.82 Å². The number of nitrogens with one attached hydrogen (secondary N) is 1. The van der Waals surface area contributed by atoms with E-state index in [1.807, 2.05) is 0 Å². The maximum absolute atomic E-state index is 12.4. The molecule has 0 aromatic rings. The summed E-state index contributed by atoms with van der Waals surface area (Å²) in [6, 6.07) is -1.65. The first-order valence-corrected chi connectivity index (χ1v) is 22.3. The molecule has 0 bridgehead atoms. The first-order valence-electron chi connectivity index (χ1n) is 20.8. The lowest BCUT2D eigenvalue weighted by Crippen LogP contribution is -2.69. The Morgan fingerprint density at radius 3 is 1.58 bits per heavy atom. The zero-order chi connectivity index (χ0) is 48.9. The second-order valence-corrected chi connectivity index (χ2v) is 17.7. The van der Waals surface area contributed by atoms with Gasteiger partial charge in [0.15, 0.2) is 25.2 Å². The van der Waals surface area contributed by atoms with Gasteiger partial charge in [-0.25, -0.2) is 4.57 Å². The molecule has 26 atom stereocenters. The van der Waals surface area contributed by atoms with Crippen molar-refractivity contribution < 1.29 is 137 Å². The normalized spacial score (nSPS) is 47.8. The predicted octanol–water partition coefficient (Wildman–Crippen LogP) is -10.6. The molecule has 0 saturated carbocycles. The Balaban J connectivity index is 1.35. The fourth-order valence-corrected chi connectivity index (χ4v) is 8.62. The summed E-state index contributed by atoms with van der Waals surface area (Å²) in [7, 11) is -4.76. The van der Waals surface area contributed by atoms with Gasteiger partial charge < -0.3 is 130 Å². The van der Waals surface area contributed by atoms with Crippen LogP contribution < -0.4 is 11.1 Å². The van der Waals surface area contributed by atoms with Gasteiger partial charge in [0.05, 0.1) is 45.7 Å². The monoisotopic (exact) mass is 990 g/mol. The molecular weight excluding hydrogens is 927 g/mol. The van der Waals surface area contributed by atoms with Crippen LogP contribution in [0, 0.1) is 0 Å². The largest absolute Gasteiger partial charge is 0.472 e. The summed E-state index contributed by atoms with van der Waals surface area (Å²) in [6.45, 7) is -2.51. The quantitative estimate of drug-likeness (QED) is 0.0534. The van der Waals surface area contributed by atoms with Gasteiger partial charge in [0, 0.05) is 13.5 Å². The smallest absolute Gasteiger partial charge is 0.394 e. The number of hydrogen-bond donors (Lipinski definition) is 17. The molecule has 5 aliphatic rings. The van der Waals surface area contributed by atoms with E-state index in [4.69, 9.17) is 52.9 Å². The molecule has 0 aromatic heterocycles. The SMILES string of the molecule is CC(=O)N[C@H]1C(O)[C@@H](O[C@H]2OC(CO)[C@@H](O)[C@H](O)C2O)C(CO)O[C@H]1O[C@@H]1C(CO[C@H]2OC(CO)[C@@H](O)C(O)[C@H]2O[C@H]2OC(COP(=O)(O)OCCN)[C@@H](O)C(O)[C@H]2O)O[C@H](C)[C@H](O)C1O. The lowest BCUT2D eigenvalue weighted by atomic mass is 9.93. The van der Waals surface area contributed by atoms with Crippen LogP contribution in [0.3, 0.4) is 0 Å². The summed E-state index contributed by atoms with van der Waals surface area (Å²) in [6.07, 6.45) is -43.0. The van der Waals surface area contributed by atoms with Gasteiger partial charge in [-0.15, -0.1) is 0 Å². The zero-order valence-corrected chi connectivity index (χ0v) is 36.3. The molecule has 0 spiro atoms. The summed E-state index contributed by atoms with van der Waals surface area (Å²) in [5.74, 6) is -0.781. The second kappa shape index (κ2) is 24.2. The van der Waals surface area contributed by atoms with Crippen LogP contribution in [0.1, 0.15) is 13.8 Å². The van der Waals surface area contributed by atoms with Gasteiger partial charge in [0.25, 0.3) is 0 Å². The maximum Gasteiger partial charge on any atom is 0.472 e. The number of aliphatic hydroxyl groups is 14. The van der Waals surface area contributed by atoms with E-state index in [0.29, 0.717) is 0 Å². The number of carbonyl (C=O) groups excluding carboxylic acids is 1. The Morgan fingerprint density at radius 1 is 0.545 bits per heavy atom. The predicted molar refractivity (Wildman–Crippen MR) is 205 cm³/mol. The third-order valence-electron chi connectivity index (χ3n) is 11.6. The van der Waals surface area contributed by atoms with Crippen molar-refractivity contribution in [3.05, 3.63) is 0 Å². The van der Waals surface area contributed by atoms with E-state index < -0.39 is 207 Å². The van der Waals surface area contributed by atoms with Gasteiger partial charge in [-0.3, -0.25) is 13.8 Å². The molecule has 5 aliphatic heterocycles. The number of amides is 1. The molecule has 0 aromatic carbocycles. The highest BCUT2D eigenvalue weighted by Crippen LogP contribution is 2.44. The lowest BCUT2D eigenvalue weighted by Gasteiger charge is -2.49. The summed E-state index contributed by atoms with van der Waals surface area (Å²) in [5, 5.41) is 151. The molecule has 0 aliphatic carbocycles. The number of carbonyl (C=O) groups is 1. The summed E-state index contributed by atoms with van der Waals surface area (Å²) < 4.78 is 73.4. The third-order valence-corrected chi connectivity index (χ3v) is 12.5. The minimum Gasteiger partial charge on any atom is -0.394 e. The number of phosphoric ester groups is 1. The van der Waals surface area contributed by atoms with Crippen molar-refractivity contribution in [2.75, 3.05) is 46.2 Å². The molecule has 18 N–H and O–H groups in total. The standard InChI is InChI=1S/C35H63N2O28P/c1-10-18(42)25(49)30(63-32-17(37-11(2)41)22(46)29(14(7-40)61-32)64-33-27(51)23(47)19(43)12(5-38)59-33)16(58-10)8-55-35-31(26(50)20(44)13(6-39)60-35)65-34-28(52)24(48)21(45)15(62-34)9-57-66(53,54)56-4-3-36/h10,12-35,38-40,42-52H,3-9,36H2,1-2H3,(H,37,41)(H,53,54)/t10-,12?,13?,14?,15?,16?,17+,18+,19-,20-,21-,22?,23+,24?,25?,26?,27?,28-,29+,30-,31-,32+,33-,34-,35+/m1/s1. The summed E-state index contributed by atoms with van der Waals surface area (Å²) in [4.78, 5) is 22.3. The number of aliphatic hydroxyl groups excluding tert-OH is 14. The molecule has 5 fully saturated rings. The molecular formula is C35H63N2O28P. The van der Waals surface area contributed by atoms with Crippen LogP contribution in [-0.2, 0) is 61.0 Å². The number of hydrogen-bond acceptors (Lipinski definition) is 28. The Labute approximate surface area is 375 Å². The maximum atomic E-state index is 12.4. The molecule has 0 radical (unpaired) electrons. The van der Waals surface area contributed by atoms with Crippen molar-refractivity contribution in [1.82, 2.24) is 5.32 Å². The van der Waals surface area contributed by atoms with E-state index in [1.165, 1.54) is 6.92 Å². The Morgan fingerprint density at radius 2 is 1.02 bits per heavy atom. The van der Waals surface area contributed by atoms with Crippen LogP contribution in [-0.4, -0.2) is 282 Å². The van der Waals surface area contributed by atoms with E-state index >= 15 is 0 Å². The van der Waals surface area contributed by atoms with E-state index in [2.05, 4.69) is 9.84 Å². The number of ether oxygens (including phenoxy) is 9. The fourth-order valence-electron chi connectivity index (χ4n) is 7.88. The van der Waals surface area contributed by atoms with Gasteiger partial charge in [-0.1, -0.05) is 0 Å². The van der Waals surface area contributed by atoms with Crippen LogP contribution in [0.15, 0.2) is 0 Å². The molecule has 66 heavy (non-hydrogen) atoms. The highest BCUT2D eigenvalue weighted by molar-refractivity contribution is 7.47. The minimum atomic E-state index is -4.76. The summed E-state index contributed by atoms with van der Waals surface area (Å²) >= 11 is 0. The molecule has 5 saturated heterocycles. The molecule has 5 rings (SSSR count). The van der Waals surface area contributed by atoms with Crippen molar-refractivity contribution in [3.63, 3.8) is 0 Å². The van der Waals surface area contributed by atoms with Gasteiger partial charge in [0.1, 0.15) is 122 Å². The second-order valence-electron chi connectivity index (χ2n) is 16.2. The fraction of sp³-hybridized carbons (Fsp3) is 0.971. The molecule has 386 valence electrons. The average molecular weight is 991 g/mol. The van der Waals surface area contributed by atoms with Crippen molar-refractivity contribution >= 4 is 13.7 Å². The van der Waals surface area contributed by atoms with Crippen molar-refractivity contribution in [1.29, 1.82) is 0 Å². The Kier molecular flexibility index (Phi) is 20.3. The van der Waals surface area contributed by atoms with E-state index in [1.54, 1.807) is 0 Å². The molecule has 5 heterocycles. The topological polar surface area (TPSA) is 477 Å². The third kappa shape index (κ3) is 12.7. The zero-order valence-electron chi connectivity index (χ0n) is 35.4. The minimum absolute atomic E-state index is 0.156. The van der Waals surface area contributed by atoms with Crippen LogP contribution in [0.2, 0.25) is 0 Å². The first-order chi connectivity index (χ1) is 31.1. The molecule has 11 unspecified atom stereocenters. The Bertz CT molecular complexity index is 1560. The van der Waals surface area contributed by atoms with Gasteiger partial charge in [-0.05, 0) is 6.92 Å². The van der Waals surface area contributed by atoms with Crippen LogP contribution in [0.5, 0.6) is 0 Å².